The predicted octanol–water partition coefficient (Wildman–Crippen LogP) is 4.30. The van der Waals surface area contributed by atoms with Crippen molar-refractivity contribution in [1.29, 1.82) is 0 Å². The lowest BCUT2D eigenvalue weighted by molar-refractivity contribution is 0.121. The van der Waals surface area contributed by atoms with Crippen LogP contribution in [0.15, 0.2) is 51.7 Å². The van der Waals surface area contributed by atoms with Gasteiger partial charge in [-0.05, 0) is 42.8 Å². The van der Waals surface area contributed by atoms with Crippen LogP contribution >= 0.6 is 11.6 Å². The van der Waals surface area contributed by atoms with Crippen LogP contribution in [0.1, 0.15) is 18.1 Å². The molecular weight excluding hydrogens is 407 g/mol. The first-order valence-electron chi connectivity index (χ1n) is 10.1. The van der Waals surface area contributed by atoms with Gasteiger partial charge in [0.2, 0.25) is 0 Å². The van der Waals surface area contributed by atoms with E-state index in [2.05, 4.69) is 9.80 Å². The van der Waals surface area contributed by atoms with Crippen molar-refractivity contribution in [3.63, 3.8) is 0 Å². The quantitative estimate of drug-likeness (QED) is 0.545. The van der Waals surface area contributed by atoms with Crippen LogP contribution in [0.5, 0.6) is 5.75 Å². The minimum atomic E-state index is -0.352. The molecule has 0 radical (unpaired) electrons. The van der Waals surface area contributed by atoms with E-state index in [1.165, 1.54) is 6.07 Å². The molecule has 0 spiro atoms. The van der Waals surface area contributed by atoms with Crippen molar-refractivity contribution in [3.05, 3.63) is 74.9 Å². The van der Waals surface area contributed by atoms with Crippen molar-refractivity contribution in [3.8, 4) is 5.75 Å². The van der Waals surface area contributed by atoms with Crippen molar-refractivity contribution in [2.45, 2.75) is 20.0 Å². The zero-order valence-electron chi connectivity index (χ0n) is 16.9. The lowest BCUT2D eigenvalue weighted by Gasteiger charge is -2.35. The van der Waals surface area contributed by atoms with Gasteiger partial charge in [0.05, 0.1) is 6.61 Å². The fourth-order valence-electron chi connectivity index (χ4n) is 3.85. The van der Waals surface area contributed by atoms with E-state index in [1.807, 2.05) is 19.1 Å². The van der Waals surface area contributed by atoms with Gasteiger partial charge in [0.15, 0.2) is 0 Å². The van der Waals surface area contributed by atoms with Gasteiger partial charge in [0.1, 0.15) is 17.1 Å². The zero-order valence-corrected chi connectivity index (χ0v) is 17.6. The molecule has 30 heavy (non-hydrogen) atoms. The van der Waals surface area contributed by atoms with E-state index in [4.69, 9.17) is 20.8 Å². The molecule has 1 aromatic heterocycles. The molecular formula is C23H24ClFN2O3. The summed E-state index contributed by atoms with van der Waals surface area (Å²) >= 11 is 6.16. The third kappa shape index (κ3) is 4.67. The van der Waals surface area contributed by atoms with Crippen LogP contribution in [-0.4, -0.2) is 42.6 Å². The van der Waals surface area contributed by atoms with Crippen LogP contribution in [0.4, 0.5) is 4.39 Å². The van der Waals surface area contributed by atoms with E-state index < -0.39 is 0 Å². The summed E-state index contributed by atoms with van der Waals surface area (Å²) in [5, 5.41) is 1.35. The first-order valence-corrected chi connectivity index (χ1v) is 10.5. The maximum absolute atomic E-state index is 14.1. The average molecular weight is 431 g/mol. The molecule has 1 aliphatic rings. The van der Waals surface area contributed by atoms with E-state index in [0.29, 0.717) is 35.9 Å². The molecule has 0 amide bonds. The van der Waals surface area contributed by atoms with Gasteiger partial charge in [-0.2, -0.15) is 0 Å². The first-order chi connectivity index (χ1) is 14.5. The Balaban J connectivity index is 1.45. The van der Waals surface area contributed by atoms with E-state index in [-0.39, 0.29) is 11.4 Å². The smallest absolute Gasteiger partial charge is 0.336 e. The molecule has 1 aliphatic heterocycles. The zero-order chi connectivity index (χ0) is 21.1. The number of rotatable bonds is 6. The fraction of sp³-hybridized carbons (Fsp3) is 0.348. The molecule has 3 aromatic rings. The molecule has 2 heterocycles. The molecule has 0 saturated carbocycles. The molecule has 158 valence electrons. The molecule has 1 fully saturated rings. The first kappa shape index (κ1) is 20.8. The second-order valence-corrected chi connectivity index (χ2v) is 7.84. The highest BCUT2D eigenvalue weighted by Gasteiger charge is 2.20. The molecule has 1 saturated heterocycles. The van der Waals surface area contributed by atoms with E-state index in [1.54, 1.807) is 24.3 Å². The highest BCUT2D eigenvalue weighted by Crippen LogP contribution is 2.25. The molecule has 4 rings (SSSR count). The SMILES string of the molecule is CCOc1ccc2oc(=O)cc(CN3CCN(Cc4c(F)cccc4Cl)CC3)c2c1. The fourth-order valence-corrected chi connectivity index (χ4v) is 4.07. The van der Waals surface area contributed by atoms with Crippen molar-refractivity contribution < 1.29 is 13.5 Å². The number of halogens is 2. The monoisotopic (exact) mass is 430 g/mol. The Morgan fingerprint density at radius 1 is 1.07 bits per heavy atom. The maximum atomic E-state index is 14.1. The van der Waals surface area contributed by atoms with Gasteiger partial charge in [0.25, 0.3) is 0 Å². The third-order valence-corrected chi connectivity index (χ3v) is 5.77. The van der Waals surface area contributed by atoms with E-state index >= 15 is 0 Å². The number of ether oxygens (including phenoxy) is 1. The van der Waals surface area contributed by atoms with Crippen LogP contribution < -0.4 is 10.4 Å². The Labute approximate surface area is 179 Å². The van der Waals surface area contributed by atoms with Gasteiger partial charge in [0, 0.05) is 61.3 Å². The molecule has 0 unspecified atom stereocenters. The number of fused-ring (bicyclic) bond motifs is 1. The van der Waals surface area contributed by atoms with Gasteiger partial charge in [-0.1, -0.05) is 17.7 Å². The second kappa shape index (κ2) is 9.16. The van der Waals surface area contributed by atoms with Crippen LogP contribution in [0, 0.1) is 5.82 Å². The van der Waals surface area contributed by atoms with Gasteiger partial charge < -0.3 is 9.15 Å². The number of nitrogens with zero attached hydrogens (tertiary/aromatic N) is 2. The Kier molecular flexibility index (Phi) is 6.37. The Bertz CT molecular complexity index is 1070. The number of hydrogen-bond acceptors (Lipinski definition) is 5. The van der Waals surface area contributed by atoms with Crippen molar-refractivity contribution in [2.75, 3.05) is 32.8 Å². The number of hydrogen-bond donors (Lipinski definition) is 0. The second-order valence-electron chi connectivity index (χ2n) is 7.43. The Morgan fingerprint density at radius 2 is 1.80 bits per heavy atom. The van der Waals surface area contributed by atoms with Crippen LogP contribution in [0.25, 0.3) is 11.0 Å². The average Bonchev–Trinajstić information content (AvgIpc) is 2.73. The lowest BCUT2D eigenvalue weighted by atomic mass is 10.1. The van der Waals surface area contributed by atoms with Gasteiger partial charge in [-0.3, -0.25) is 9.80 Å². The summed E-state index contributed by atoms with van der Waals surface area (Å²) in [6.07, 6.45) is 0. The lowest BCUT2D eigenvalue weighted by Crippen LogP contribution is -2.45. The summed E-state index contributed by atoms with van der Waals surface area (Å²) in [6, 6.07) is 11.9. The van der Waals surface area contributed by atoms with Crippen LogP contribution in [0.3, 0.4) is 0 Å². The molecule has 0 aliphatic carbocycles. The normalized spacial score (nSPS) is 15.6. The maximum Gasteiger partial charge on any atom is 0.336 e. The molecule has 5 nitrogen and oxygen atoms in total. The van der Waals surface area contributed by atoms with E-state index in [9.17, 15) is 9.18 Å². The summed E-state index contributed by atoms with van der Waals surface area (Å²) in [6.45, 7) is 6.89. The molecule has 0 N–H and O–H groups in total. The molecule has 2 aromatic carbocycles. The Hall–Kier alpha value is -2.41. The standard InChI is InChI=1S/C23H24ClFN2O3/c1-2-29-17-6-7-22-18(13-17)16(12-23(28)30-22)14-26-8-10-27(11-9-26)15-19-20(24)4-3-5-21(19)25/h3-7,12-13H,2,8-11,14-15H2,1H3. The highest BCUT2D eigenvalue weighted by atomic mass is 35.5. The van der Waals surface area contributed by atoms with Crippen molar-refractivity contribution in [2.24, 2.45) is 0 Å². The molecule has 7 heteroatoms. The number of piperazine rings is 1. The van der Waals surface area contributed by atoms with Gasteiger partial charge in [-0.15, -0.1) is 0 Å². The van der Waals surface area contributed by atoms with Gasteiger partial charge in [-0.25, -0.2) is 9.18 Å². The third-order valence-electron chi connectivity index (χ3n) is 5.41. The minimum Gasteiger partial charge on any atom is -0.494 e. The summed E-state index contributed by atoms with van der Waals surface area (Å²) in [5.74, 6) is 0.490. The van der Waals surface area contributed by atoms with Crippen LogP contribution in [-0.2, 0) is 13.1 Å². The summed E-state index contributed by atoms with van der Waals surface area (Å²) < 4.78 is 25.0. The minimum absolute atomic E-state index is 0.266. The van der Waals surface area contributed by atoms with Crippen LogP contribution in [0.2, 0.25) is 5.02 Å². The van der Waals surface area contributed by atoms with E-state index in [0.717, 1.165) is 42.9 Å². The largest absolute Gasteiger partial charge is 0.494 e. The predicted molar refractivity (Wildman–Crippen MR) is 116 cm³/mol. The molecule has 0 atom stereocenters. The summed E-state index contributed by atoms with van der Waals surface area (Å²) in [5.41, 5.74) is 1.68. The van der Waals surface area contributed by atoms with Crippen molar-refractivity contribution >= 4 is 22.6 Å². The number of benzene rings is 2. The summed E-state index contributed by atoms with van der Waals surface area (Å²) in [4.78, 5) is 16.5. The molecule has 0 bridgehead atoms. The summed E-state index contributed by atoms with van der Waals surface area (Å²) in [7, 11) is 0. The highest BCUT2D eigenvalue weighted by molar-refractivity contribution is 6.31. The topological polar surface area (TPSA) is 45.9 Å². The Morgan fingerprint density at radius 3 is 2.50 bits per heavy atom. The van der Waals surface area contributed by atoms with Gasteiger partial charge >= 0.3 is 5.63 Å². The van der Waals surface area contributed by atoms with Crippen molar-refractivity contribution in [1.82, 2.24) is 9.80 Å².